The van der Waals surface area contributed by atoms with Crippen molar-refractivity contribution in [2.75, 3.05) is 19.7 Å². The van der Waals surface area contributed by atoms with Gasteiger partial charge in [-0.05, 0) is 50.3 Å². The van der Waals surface area contributed by atoms with Crippen molar-refractivity contribution >= 4 is 24.3 Å². The largest absolute Gasteiger partial charge is 0.466 e. The van der Waals surface area contributed by atoms with E-state index >= 15 is 0 Å². The summed E-state index contributed by atoms with van der Waals surface area (Å²) in [5, 5.41) is 6.12. The Hall–Kier alpha value is -1.59. The van der Waals surface area contributed by atoms with Gasteiger partial charge in [0.15, 0.2) is 0 Å². The molecule has 0 radical (unpaired) electrons. The Labute approximate surface area is 149 Å². The average molecular weight is 355 g/mol. The molecule has 1 atom stereocenters. The lowest BCUT2D eigenvalue weighted by atomic mass is 9.98. The molecule has 0 aromatic heterocycles. The predicted molar refractivity (Wildman–Crippen MR) is 96.2 cm³/mol. The Kier molecular flexibility index (Phi) is 8.79. The topological polar surface area (TPSA) is 67.4 Å². The molecular weight excluding hydrogens is 328 g/mol. The third-order valence-electron chi connectivity index (χ3n) is 3.99. The fourth-order valence-electron chi connectivity index (χ4n) is 2.56. The van der Waals surface area contributed by atoms with E-state index in [0.29, 0.717) is 6.61 Å². The molecule has 6 heteroatoms. The van der Waals surface area contributed by atoms with Crippen LogP contribution in [0, 0.1) is 12.8 Å². The molecule has 1 saturated carbocycles. The Bertz CT molecular complexity index is 547. The molecule has 0 aliphatic heterocycles. The highest BCUT2D eigenvalue weighted by molar-refractivity contribution is 5.85. The van der Waals surface area contributed by atoms with Crippen molar-refractivity contribution < 1.29 is 14.3 Å². The maximum absolute atomic E-state index is 12.2. The van der Waals surface area contributed by atoms with Gasteiger partial charge in [0, 0.05) is 0 Å². The van der Waals surface area contributed by atoms with Crippen molar-refractivity contribution in [2.45, 2.75) is 39.2 Å². The van der Waals surface area contributed by atoms with Crippen LogP contribution in [0.2, 0.25) is 0 Å². The zero-order chi connectivity index (χ0) is 16.7. The third kappa shape index (κ3) is 6.89. The van der Waals surface area contributed by atoms with Crippen LogP contribution >= 0.6 is 12.4 Å². The number of hydrogen-bond donors (Lipinski definition) is 2. The lowest BCUT2D eigenvalue weighted by molar-refractivity contribution is -0.143. The molecular formula is C18H27ClN2O3. The summed E-state index contributed by atoms with van der Waals surface area (Å²) in [6, 6.07) is 7.42. The summed E-state index contributed by atoms with van der Waals surface area (Å²) in [6.45, 7) is 5.27. The number of halogens is 1. The highest BCUT2D eigenvalue weighted by Gasteiger charge is 2.22. The van der Waals surface area contributed by atoms with Gasteiger partial charge >= 0.3 is 5.97 Å². The normalized spacial score (nSPS) is 14.4. The van der Waals surface area contributed by atoms with Gasteiger partial charge in [0.2, 0.25) is 5.91 Å². The Morgan fingerprint density at radius 3 is 2.62 bits per heavy atom. The molecule has 1 amide bonds. The molecule has 1 aliphatic carbocycles. The van der Waals surface area contributed by atoms with Crippen LogP contribution in [0.3, 0.4) is 0 Å². The van der Waals surface area contributed by atoms with E-state index in [0.717, 1.165) is 23.6 Å². The number of carbonyl (C=O) groups is 2. The van der Waals surface area contributed by atoms with Gasteiger partial charge in [0.25, 0.3) is 0 Å². The molecule has 2 N–H and O–H groups in total. The van der Waals surface area contributed by atoms with Crippen LogP contribution in [-0.2, 0) is 14.3 Å². The average Bonchev–Trinajstić information content (AvgIpc) is 3.31. The smallest absolute Gasteiger partial charge is 0.308 e. The first kappa shape index (κ1) is 20.5. The summed E-state index contributed by atoms with van der Waals surface area (Å²) >= 11 is 0. The molecule has 5 nitrogen and oxygen atoms in total. The lowest BCUT2D eigenvalue weighted by Crippen LogP contribution is -2.38. The van der Waals surface area contributed by atoms with Crippen LogP contribution in [0.1, 0.15) is 43.4 Å². The number of aryl methyl sites for hydroxylation is 1. The first-order chi connectivity index (χ1) is 11.1. The van der Waals surface area contributed by atoms with Crippen LogP contribution in [-0.4, -0.2) is 31.6 Å². The van der Waals surface area contributed by atoms with Crippen LogP contribution in [0.4, 0.5) is 0 Å². The summed E-state index contributed by atoms with van der Waals surface area (Å²) < 4.78 is 5.03. The van der Waals surface area contributed by atoms with E-state index in [4.69, 9.17) is 4.74 Å². The van der Waals surface area contributed by atoms with Crippen molar-refractivity contribution in [3.63, 3.8) is 0 Å². The number of nitrogens with one attached hydrogen (secondary N) is 2. The number of amides is 1. The molecule has 134 valence electrons. The number of hydrogen-bond acceptors (Lipinski definition) is 4. The fraction of sp³-hybridized carbons (Fsp3) is 0.556. The first-order valence-corrected chi connectivity index (χ1v) is 8.31. The minimum atomic E-state index is -0.356. The standard InChI is InChI=1S/C18H26N2O3.ClH/c1-3-23-18(22)10-16(15-7-5-4-6-13(15)2)20-17(21)12-19-11-14-8-9-14;/h4-7,14,16,19H,3,8-12H2,1-2H3,(H,20,21);1H. The molecule has 1 aliphatic rings. The molecule has 0 bridgehead atoms. The van der Waals surface area contributed by atoms with Crippen molar-refractivity contribution in [3.05, 3.63) is 35.4 Å². The molecule has 24 heavy (non-hydrogen) atoms. The zero-order valence-electron chi connectivity index (χ0n) is 14.3. The van der Waals surface area contributed by atoms with Crippen molar-refractivity contribution in [1.29, 1.82) is 0 Å². The van der Waals surface area contributed by atoms with Crippen molar-refractivity contribution in [1.82, 2.24) is 10.6 Å². The summed E-state index contributed by atoms with van der Waals surface area (Å²) in [7, 11) is 0. The molecule has 1 fully saturated rings. The van der Waals surface area contributed by atoms with E-state index in [1.54, 1.807) is 6.92 Å². The minimum absolute atomic E-state index is 0. The van der Waals surface area contributed by atoms with E-state index in [1.165, 1.54) is 12.8 Å². The van der Waals surface area contributed by atoms with Gasteiger partial charge < -0.3 is 15.4 Å². The van der Waals surface area contributed by atoms with Crippen molar-refractivity contribution in [3.8, 4) is 0 Å². The second kappa shape index (κ2) is 10.3. The maximum atomic E-state index is 12.2. The molecule has 1 aromatic rings. The summed E-state index contributed by atoms with van der Waals surface area (Å²) in [4.78, 5) is 24.0. The SMILES string of the molecule is CCOC(=O)CC(NC(=O)CNCC1CC1)c1ccccc1C.Cl. The van der Waals surface area contributed by atoms with Gasteiger partial charge in [-0.3, -0.25) is 9.59 Å². The van der Waals surface area contributed by atoms with Crippen LogP contribution in [0.15, 0.2) is 24.3 Å². The van der Waals surface area contributed by atoms with E-state index in [1.807, 2.05) is 31.2 Å². The van der Waals surface area contributed by atoms with Gasteiger partial charge in [0.05, 0.1) is 25.6 Å². The molecule has 1 unspecified atom stereocenters. The monoisotopic (exact) mass is 354 g/mol. The number of esters is 1. The molecule has 2 rings (SSSR count). The Balaban J connectivity index is 0.00000288. The predicted octanol–water partition coefficient (Wildman–Crippen LogP) is 2.53. The summed E-state index contributed by atoms with van der Waals surface area (Å²) in [5.74, 6) is 0.338. The van der Waals surface area contributed by atoms with Gasteiger partial charge in [0.1, 0.15) is 0 Å². The van der Waals surface area contributed by atoms with E-state index in [-0.39, 0.29) is 43.3 Å². The maximum Gasteiger partial charge on any atom is 0.308 e. The highest BCUT2D eigenvalue weighted by atomic mass is 35.5. The summed E-state index contributed by atoms with van der Waals surface area (Å²) in [6.07, 6.45) is 2.65. The van der Waals surface area contributed by atoms with Crippen molar-refractivity contribution in [2.24, 2.45) is 5.92 Å². The van der Waals surface area contributed by atoms with Gasteiger partial charge in [-0.15, -0.1) is 12.4 Å². The van der Waals surface area contributed by atoms with Gasteiger partial charge in [-0.25, -0.2) is 0 Å². The number of ether oxygens (including phenoxy) is 1. The summed E-state index contributed by atoms with van der Waals surface area (Å²) in [5.41, 5.74) is 2.00. The second-order valence-electron chi connectivity index (χ2n) is 6.06. The molecule has 0 spiro atoms. The third-order valence-corrected chi connectivity index (χ3v) is 3.99. The van der Waals surface area contributed by atoms with Gasteiger partial charge in [-0.2, -0.15) is 0 Å². The van der Waals surface area contributed by atoms with Crippen LogP contribution in [0.5, 0.6) is 0 Å². The minimum Gasteiger partial charge on any atom is -0.466 e. The fourth-order valence-corrected chi connectivity index (χ4v) is 2.56. The van der Waals surface area contributed by atoms with E-state index in [9.17, 15) is 9.59 Å². The molecule has 0 saturated heterocycles. The number of rotatable bonds is 9. The molecule has 1 aromatic carbocycles. The molecule has 0 heterocycles. The van der Waals surface area contributed by atoms with Gasteiger partial charge in [-0.1, -0.05) is 24.3 Å². The first-order valence-electron chi connectivity index (χ1n) is 8.31. The number of benzene rings is 1. The van der Waals surface area contributed by atoms with Crippen LogP contribution in [0.25, 0.3) is 0 Å². The van der Waals surface area contributed by atoms with E-state index < -0.39 is 0 Å². The Morgan fingerprint density at radius 1 is 1.29 bits per heavy atom. The zero-order valence-corrected chi connectivity index (χ0v) is 15.2. The van der Waals surface area contributed by atoms with Crippen LogP contribution < -0.4 is 10.6 Å². The Morgan fingerprint density at radius 2 is 2.00 bits per heavy atom. The second-order valence-corrected chi connectivity index (χ2v) is 6.06. The quantitative estimate of drug-likeness (QED) is 0.669. The number of carbonyl (C=O) groups excluding carboxylic acids is 2. The highest BCUT2D eigenvalue weighted by Crippen LogP contribution is 2.27. The lowest BCUT2D eigenvalue weighted by Gasteiger charge is -2.20. The van der Waals surface area contributed by atoms with E-state index in [2.05, 4.69) is 10.6 Å².